The Bertz CT molecular complexity index is 632. The van der Waals surface area contributed by atoms with E-state index < -0.39 is 0 Å². The van der Waals surface area contributed by atoms with Crippen molar-refractivity contribution in [2.45, 2.75) is 44.9 Å². The van der Waals surface area contributed by atoms with E-state index in [1.807, 2.05) is 17.5 Å². The van der Waals surface area contributed by atoms with Crippen LogP contribution >= 0.6 is 11.3 Å². The lowest BCUT2D eigenvalue weighted by molar-refractivity contribution is -0.153. The van der Waals surface area contributed by atoms with E-state index in [1.165, 1.54) is 43.4 Å². The first-order valence-electron chi connectivity index (χ1n) is 9.89. The molecule has 1 aliphatic carbocycles. The average Bonchev–Trinajstić information content (AvgIpc) is 3.25. The van der Waals surface area contributed by atoms with Crippen LogP contribution in [-0.2, 0) is 14.3 Å². The van der Waals surface area contributed by atoms with Gasteiger partial charge in [0.05, 0.1) is 10.8 Å². The molecule has 27 heavy (non-hydrogen) atoms. The molecule has 1 saturated carbocycles. The Balaban J connectivity index is 1.33. The Morgan fingerprint density at radius 3 is 2.52 bits per heavy atom. The van der Waals surface area contributed by atoms with Gasteiger partial charge in [0.2, 0.25) is 0 Å². The topological polar surface area (TPSA) is 75.7 Å². The van der Waals surface area contributed by atoms with Gasteiger partial charge >= 0.3 is 5.97 Å². The van der Waals surface area contributed by atoms with E-state index in [0.29, 0.717) is 38.4 Å². The Morgan fingerprint density at radius 2 is 1.85 bits per heavy atom. The third-order valence-corrected chi connectivity index (χ3v) is 6.36. The summed E-state index contributed by atoms with van der Waals surface area (Å²) in [5.74, 6) is -0.198. The van der Waals surface area contributed by atoms with Crippen molar-refractivity contribution in [3.05, 3.63) is 22.4 Å². The smallest absolute Gasteiger partial charge is 0.309 e. The van der Waals surface area contributed by atoms with E-state index >= 15 is 0 Å². The third-order valence-electron chi connectivity index (χ3n) is 5.51. The summed E-state index contributed by atoms with van der Waals surface area (Å²) in [7, 11) is 0. The number of hydrogen-bond acceptors (Lipinski definition) is 5. The minimum absolute atomic E-state index is 0.0268. The molecule has 0 atom stereocenters. The summed E-state index contributed by atoms with van der Waals surface area (Å²) in [6.45, 7) is 1.56. The molecule has 0 unspecified atom stereocenters. The first-order valence-corrected chi connectivity index (χ1v) is 10.8. The first kappa shape index (κ1) is 19.9. The number of ether oxygens (including phenoxy) is 1. The number of carbonyl (C=O) groups is 3. The molecule has 0 spiro atoms. The molecule has 1 aliphatic heterocycles. The summed E-state index contributed by atoms with van der Waals surface area (Å²) in [4.78, 5) is 38.9. The zero-order valence-corrected chi connectivity index (χ0v) is 16.5. The van der Waals surface area contributed by atoms with Crippen LogP contribution in [0.5, 0.6) is 0 Å². The number of carbonyl (C=O) groups excluding carboxylic acids is 3. The van der Waals surface area contributed by atoms with Crippen LogP contribution in [0.3, 0.4) is 0 Å². The molecule has 6 nitrogen and oxygen atoms in total. The molecule has 1 saturated heterocycles. The molecule has 0 radical (unpaired) electrons. The van der Waals surface area contributed by atoms with Crippen LogP contribution in [-0.4, -0.2) is 48.9 Å². The van der Waals surface area contributed by atoms with Gasteiger partial charge in [0.1, 0.15) is 0 Å². The molecule has 1 N–H and O–H groups in total. The minimum atomic E-state index is -0.328. The molecule has 148 valence electrons. The second kappa shape index (κ2) is 9.88. The number of thiophene rings is 1. The highest BCUT2D eigenvalue weighted by atomic mass is 32.1. The van der Waals surface area contributed by atoms with Crippen molar-refractivity contribution in [3.63, 3.8) is 0 Å². The van der Waals surface area contributed by atoms with E-state index in [2.05, 4.69) is 5.32 Å². The molecular formula is C20H28N2O4S. The average molecular weight is 393 g/mol. The van der Waals surface area contributed by atoms with Gasteiger partial charge in [-0.1, -0.05) is 25.3 Å². The number of amides is 2. The molecule has 2 fully saturated rings. The van der Waals surface area contributed by atoms with Crippen molar-refractivity contribution >= 4 is 29.1 Å². The second-order valence-corrected chi connectivity index (χ2v) is 8.41. The van der Waals surface area contributed by atoms with E-state index in [0.717, 1.165) is 4.88 Å². The lowest BCUT2D eigenvalue weighted by Crippen LogP contribution is -2.41. The van der Waals surface area contributed by atoms with Crippen LogP contribution in [0.15, 0.2) is 17.5 Å². The maximum absolute atomic E-state index is 12.3. The SMILES string of the molecule is O=C(COC(=O)C1CCN(C(=O)c2cccs2)CC1)NCC1CCCCC1. The van der Waals surface area contributed by atoms with E-state index in [4.69, 9.17) is 4.74 Å². The van der Waals surface area contributed by atoms with E-state index in [-0.39, 0.29) is 30.3 Å². The van der Waals surface area contributed by atoms with Gasteiger partial charge < -0.3 is 15.0 Å². The molecular weight excluding hydrogens is 364 g/mol. The Kier molecular flexibility index (Phi) is 7.26. The second-order valence-electron chi connectivity index (χ2n) is 7.46. The van der Waals surface area contributed by atoms with Gasteiger partial charge in [-0.25, -0.2) is 0 Å². The summed E-state index contributed by atoms with van der Waals surface area (Å²) in [5.41, 5.74) is 0. The molecule has 3 rings (SSSR count). The monoisotopic (exact) mass is 392 g/mol. The van der Waals surface area contributed by atoms with E-state index in [1.54, 1.807) is 4.90 Å². The van der Waals surface area contributed by atoms with Crippen molar-refractivity contribution < 1.29 is 19.1 Å². The molecule has 0 bridgehead atoms. The summed E-state index contributed by atoms with van der Waals surface area (Å²) < 4.78 is 5.20. The highest BCUT2D eigenvalue weighted by Crippen LogP contribution is 2.23. The molecule has 1 aromatic heterocycles. The molecule has 2 amide bonds. The summed E-state index contributed by atoms with van der Waals surface area (Å²) >= 11 is 1.43. The number of piperidine rings is 1. The van der Waals surface area contributed by atoms with Crippen molar-refractivity contribution in [2.75, 3.05) is 26.2 Å². The molecule has 2 heterocycles. The third kappa shape index (κ3) is 5.79. The standard InChI is InChI=1S/C20H28N2O4S/c23-18(21-13-15-5-2-1-3-6-15)14-26-20(25)16-8-10-22(11-9-16)19(24)17-7-4-12-27-17/h4,7,12,15-16H,1-3,5-6,8-11,13-14H2,(H,21,23). The van der Waals surface area contributed by atoms with Gasteiger partial charge in [-0.15, -0.1) is 11.3 Å². The van der Waals surface area contributed by atoms with Crippen molar-refractivity contribution in [3.8, 4) is 0 Å². The normalized spacial score (nSPS) is 18.9. The summed E-state index contributed by atoms with van der Waals surface area (Å²) in [6.07, 6.45) is 7.27. The highest BCUT2D eigenvalue weighted by molar-refractivity contribution is 7.12. The maximum atomic E-state index is 12.3. The highest BCUT2D eigenvalue weighted by Gasteiger charge is 2.29. The van der Waals surface area contributed by atoms with Gasteiger partial charge in [0.25, 0.3) is 11.8 Å². The van der Waals surface area contributed by atoms with Gasteiger partial charge in [-0.05, 0) is 43.0 Å². The fraction of sp³-hybridized carbons (Fsp3) is 0.650. The molecule has 1 aromatic rings. The predicted octanol–water partition coefficient (Wildman–Crippen LogP) is 2.84. The fourth-order valence-corrected chi connectivity index (χ4v) is 4.52. The van der Waals surface area contributed by atoms with Crippen molar-refractivity contribution in [1.82, 2.24) is 10.2 Å². The number of likely N-dealkylation sites (tertiary alicyclic amines) is 1. The fourth-order valence-electron chi connectivity index (χ4n) is 3.83. The first-order chi connectivity index (χ1) is 13.1. The zero-order chi connectivity index (χ0) is 19.1. The van der Waals surface area contributed by atoms with Crippen LogP contribution in [0.4, 0.5) is 0 Å². The lowest BCUT2D eigenvalue weighted by atomic mass is 9.89. The van der Waals surface area contributed by atoms with Crippen LogP contribution in [0.1, 0.15) is 54.6 Å². The zero-order valence-electron chi connectivity index (χ0n) is 15.7. The number of nitrogens with one attached hydrogen (secondary N) is 1. The van der Waals surface area contributed by atoms with Gasteiger partial charge in [0.15, 0.2) is 6.61 Å². The Hall–Kier alpha value is -1.89. The van der Waals surface area contributed by atoms with E-state index in [9.17, 15) is 14.4 Å². The predicted molar refractivity (Wildman–Crippen MR) is 103 cm³/mol. The van der Waals surface area contributed by atoms with Crippen LogP contribution in [0.25, 0.3) is 0 Å². The quantitative estimate of drug-likeness (QED) is 0.756. The number of hydrogen-bond donors (Lipinski definition) is 1. The Labute approximate surface area is 164 Å². The summed E-state index contributed by atoms with van der Waals surface area (Å²) in [5, 5.41) is 4.77. The molecule has 7 heteroatoms. The lowest BCUT2D eigenvalue weighted by Gasteiger charge is -2.30. The Morgan fingerprint density at radius 1 is 1.11 bits per heavy atom. The number of rotatable bonds is 6. The van der Waals surface area contributed by atoms with Gasteiger partial charge in [0, 0.05) is 19.6 Å². The molecule has 0 aromatic carbocycles. The summed E-state index contributed by atoms with van der Waals surface area (Å²) in [6, 6.07) is 3.68. The molecule has 2 aliphatic rings. The number of nitrogens with zero attached hydrogens (tertiary/aromatic N) is 1. The number of esters is 1. The van der Waals surface area contributed by atoms with Crippen LogP contribution in [0, 0.1) is 11.8 Å². The van der Waals surface area contributed by atoms with Crippen molar-refractivity contribution in [1.29, 1.82) is 0 Å². The van der Waals surface area contributed by atoms with Gasteiger partial charge in [-0.3, -0.25) is 14.4 Å². The van der Waals surface area contributed by atoms with Crippen LogP contribution < -0.4 is 5.32 Å². The largest absolute Gasteiger partial charge is 0.455 e. The van der Waals surface area contributed by atoms with Crippen LogP contribution in [0.2, 0.25) is 0 Å². The van der Waals surface area contributed by atoms with Crippen molar-refractivity contribution in [2.24, 2.45) is 11.8 Å². The van der Waals surface area contributed by atoms with Gasteiger partial charge in [-0.2, -0.15) is 0 Å². The maximum Gasteiger partial charge on any atom is 0.309 e. The minimum Gasteiger partial charge on any atom is -0.455 e.